The molecule has 0 saturated carbocycles. The van der Waals surface area contributed by atoms with Gasteiger partial charge in [0, 0.05) is 6.07 Å². The molecule has 0 aromatic heterocycles. The van der Waals surface area contributed by atoms with E-state index < -0.39 is 38.4 Å². The van der Waals surface area contributed by atoms with Gasteiger partial charge in [0.25, 0.3) is 0 Å². The van der Waals surface area contributed by atoms with Gasteiger partial charge in [-0.15, -0.1) is 13.2 Å². The van der Waals surface area contributed by atoms with Crippen LogP contribution in [0.15, 0.2) is 23.1 Å². The summed E-state index contributed by atoms with van der Waals surface area (Å²) in [6.07, 6.45) is -5.08. The van der Waals surface area contributed by atoms with E-state index >= 15 is 0 Å². The second-order valence-electron chi connectivity index (χ2n) is 3.04. The minimum Gasteiger partial charge on any atom is -0.404 e. The average Bonchev–Trinajstić information content (AvgIpc) is 2.14. The Morgan fingerprint density at radius 3 is 2.35 bits per heavy atom. The van der Waals surface area contributed by atoms with E-state index in [0.29, 0.717) is 6.07 Å². The average molecular weight is 272 g/mol. The van der Waals surface area contributed by atoms with E-state index in [1.165, 1.54) is 6.92 Å². The van der Waals surface area contributed by atoms with Crippen molar-refractivity contribution in [2.45, 2.75) is 18.2 Å². The monoisotopic (exact) mass is 272 g/mol. The van der Waals surface area contributed by atoms with Crippen molar-refractivity contribution in [2.75, 3.05) is 5.75 Å². The summed E-state index contributed by atoms with van der Waals surface area (Å²) in [7, 11) is -3.91. The molecule has 0 aliphatic rings. The third kappa shape index (κ3) is 3.58. The molecule has 0 radical (unpaired) electrons. The number of alkyl halides is 3. The van der Waals surface area contributed by atoms with Gasteiger partial charge in [-0.25, -0.2) is 12.8 Å². The fraction of sp³-hybridized carbons (Fsp3) is 0.333. The number of benzene rings is 1. The maximum atomic E-state index is 12.8. The van der Waals surface area contributed by atoms with Gasteiger partial charge in [0.2, 0.25) is 0 Å². The fourth-order valence-electron chi connectivity index (χ4n) is 1.10. The molecule has 0 atom stereocenters. The first-order valence-electron chi connectivity index (χ1n) is 4.44. The van der Waals surface area contributed by atoms with E-state index in [1.807, 2.05) is 0 Å². The molecule has 1 rings (SSSR count). The summed E-state index contributed by atoms with van der Waals surface area (Å²) >= 11 is 0. The third-order valence-corrected chi connectivity index (χ3v) is 3.61. The lowest BCUT2D eigenvalue weighted by Crippen LogP contribution is -2.19. The zero-order valence-electron chi connectivity index (χ0n) is 8.58. The minimum atomic E-state index is -5.08. The highest BCUT2D eigenvalue weighted by Crippen LogP contribution is 2.30. The Hall–Kier alpha value is -1.31. The second kappa shape index (κ2) is 4.52. The van der Waals surface area contributed by atoms with Crippen LogP contribution in [0.4, 0.5) is 17.6 Å². The molecule has 3 nitrogen and oxygen atoms in total. The molecule has 0 bridgehead atoms. The summed E-state index contributed by atoms with van der Waals surface area (Å²) in [5.41, 5.74) is 0. The lowest BCUT2D eigenvalue weighted by atomic mass is 10.3. The van der Waals surface area contributed by atoms with Gasteiger partial charge in [0.1, 0.15) is 10.7 Å². The van der Waals surface area contributed by atoms with Gasteiger partial charge >= 0.3 is 6.36 Å². The third-order valence-electron chi connectivity index (χ3n) is 1.85. The molecule has 0 amide bonds. The zero-order chi connectivity index (χ0) is 13.3. The van der Waals surface area contributed by atoms with Crippen molar-refractivity contribution in [2.24, 2.45) is 0 Å². The molecular weight excluding hydrogens is 264 g/mol. The SMILES string of the molecule is CCS(=O)(=O)c1ccc(F)cc1OC(F)(F)F. The first-order valence-corrected chi connectivity index (χ1v) is 6.09. The molecule has 0 saturated heterocycles. The van der Waals surface area contributed by atoms with Crippen LogP contribution in [0.1, 0.15) is 6.92 Å². The second-order valence-corrected chi connectivity index (χ2v) is 5.29. The molecule has 17 heavy (non-hydrogen) atoms. The largest absolute Gasteiger partial charge is 0.573 e. The van der Waals surface area contributed by atoms with Gasteiger partial charge in [0.05, 0.1) is 5.75 Å². The molecule has 0 aliphatic heterocycles. The van der Waals surface area contributed by atoms with E-state index in [1.54, 1.807) is 0 Å². The summed E-state index contributed by atoms with van der Waals surface area (Å²) in [4.78, 5) is -0.682. The van der Waals surface area contributed by atoms with E-state index in [0.717, 1.165) is 12.1 Å². The maximum Gasteiger partial charge on any atom is 0.573 e. The lowest BCUT2D eigenvalue weighted by molar-refractivity contribution is -0.275. The van der Waals surface area contributed by atoms with Gasteiger partial charge in [-0.1, -0.05) is 6.92 Å². The molecule has 96 valence electrons. The Labute approximate surface area is 94.9 Å². The molecular formula is C9H8F4O3S. The Morgan fingerprint density at radius 1 is 1.29 bits per heavy atom. The predicted molar refractivity (Wildman–Crippen MR) is 50.8 cm³/mol. The summed E-state index contributed by atoms with van der Waals surface area (Å²) in [5, 5.41) is 0. The molecule has 0 unspecified atom stereocenters. The molecule has 1 aromatic rings. The van der Waals surface area contributed by atoms with Crippen molar-refractivity contribution in [3.63, 3.8) is 0 Å². The predicted octanol–water partition coefficient (Wildman–Crippen LogP) is 2.52. The van der Waals surface area contributed by atoms with Crippen LogP contribution in [-0.4, -0.2) is 20.5 Å². The van der Waals surface area contributed by atoms with Crippen LogP contribution < -0.4 is 4.74 Å². The quantitative estimate of drug-likeness (QED) is 0.627. The number of hydrogen-bond acceptors (Lipinski definition) is 3. The molecule has 0 N–H and O–H groups in total. The summed E-state index contributed by atoms with van der Waals surface area (Å²) in [5.74, 6) is -2.48. The summed E-state index contributed by atoms with van der Waals surface area (Å²) in [6.45, 7) is 1.26. The van der Waals surface area contributed by atoms with Crippen molar-refractivity contribution >= 4 is 9.84 Å². The Balaban J connectivity index is 3.32. The van der Waals surface area contributed by atoms with Crippen molar-refractivity contribution in [1.82, 2.24) is 0 Å². The van der Waals surface area contributed by atoms with Crippen molar-refractivity contribution in [3.05, 3.63) is 24.0 Å². The first kappa shape index (κ1) is 13.8. The van der Waals surface area contributed by atoms with E-state index in [4.69, 9.17) is 0 Å². The molecule has 0 spiro atoms. The summed E-state index contributed by atoms with van der Waals surface area (Å²) < 4.78 is 75.2. The van der Waals surface area contributed by atoms with Gasteiger partial charge in [0.15, 0.2) is 15.6 Å². The zero-order valence-corrected chi connectivity index (χ0v) is 9.40. The van der Waals surface area contributed by atoms with Crippen LogP contribution in [0, 0.1) is 5.82 Å². The van der Waals surface area contributed by atoms with Crippen molar-refractivity contribution in [1.29, 1.82) is 0 Å². The van der Waals surface area contributed by atoms with Gasteiger partial charge in [-0.2, -0.15) is 0 Å². The first-order chi connectivity index (χ1) is 7.65. The van der Waals surface area contributed by atoms with Crippen LogP contribution in [0.3, 0.4) is 0 Å². The van der Waals surface area contributed by atoms with Crippen LogP contribution in [0.25, 0.3) is 0 Å². The number of sulfone groups is 1. The van der Waals surface area contributed by atoms with Gasteiger partial charge < -0.3 is 4.74 Å². The van der Waals surface area contributed by atoms with E-state index in [-0.39, 0.29) is 0 Å². The van der Waals surface area contributed by atoms with E-state index in [9.17, 15) is 26.0 Å². The number of halogens is 4. The van der Waals surface area contributed by atoms with Crippen molar-refractivity contribution < 1.29 is 30.7 Å². The standard InChI is InChI=1S/C9H8F4O3S/c1-2-17(14,15)8-4-3-6(10)5-7(8)16-9(11,12)13/h3-5H,2H2,1H3. The summed E-state index contributed by atoms with van der Waals surface area (Å²) in [6, 6.07) is 1.89. The van der Waals surface area contributed by atoms with E-state index in [2.05, 4.69) is 4.74 Å². The normalized spacial score (nSPS) is 12.5. The molecule has 0 heterocycles. The molecule has 0 fully saturated rings. The van der Waals surface area contributed by atoms with Crippen LogP contribution in [0.5, 0.6) is 5.75 Å². The Morgan fingerprint density at radius 2 is 1.88 bits per heavy atom. The minimum absolute atomic E-state index is 0.385. The van der Waals surface area contributed by atoms with Crippen LogP contribution in [0.2, 0.25) is 0 Å². The highest BCUT2D eigenvalue weighted by atomic mass is 32.2. The van der Waals surface area contributed by atoms with Gasteiger partial charge in [-0.05, 0) is 12.1 Å². The molecule has 8 heteroatoms. The highest BCUT2D eigenvalue weighted by Gasteiger charge is 2.34. The lowest BCUT2D eigenvalue weighted by Gasteiger charge is -2.12. The topological polar surface area (TPSA) is 43.4 Å². The number of rotatable bonds is 3. The van der Waals surface area contributed by atoms with Crippen LogP contribution in [-0.2, 0) is 9.84 Å². The fourth-order valence-corrected chi connectivity index (χ4v) is 2.09. The number of hydrogen-bond donors (Lipinski definition) is 0. The Kier molecular flexibility index (Phi) is 3.65. The van der Waals surface area contributed by atoms with Crippen molar-refractivity contribution in [3.8, 4) is 5.75 Å². The number of ether oxygens (including phenoxy) is 1. The molecule has 0 aliphatic carbocycles. The van der Waals surface area contributed by atoms with Crippen LogP contribution >= 0.6 is 0 Å². The highest BCUT2D eigenvalue weighted by molar-refractivity contribution is 7.91. The smallest absolute Gasteiger partial charge is 0.404 e. The van der Waals surface area contributed by atoms with Gasteiger partial charge in [-0.3, -0.25) is 0 Å². The molecule has 1 aromatic carbocycles. The Bertz CT molecular complexity index is 507. The maximum absolute atomic E-state index is 12.8.